The number of thiophene rings is 1. The van der Waals surface area contributed by atoms with Crippen LogP contribution in [-0.4, -0.2) is 20.8 Å². The quantitative estimate of drug-likeness (QED) is 0.784. The molecule has 0 aliphatic carbocycles. The smallest absolute Gasteiger partial charge is 0.267 e. The molecule has 7 nitrogen and oxygen atoms in total. The van der Waals surface area contributed by atoms with Gasteiger partial charge in [0.2, 0.25) is 5.91 Å². The van der Waals surface area contributed by atoms with Crippen molar-refractivity contribution in [3.63, 3.8) is 0 Å². The van der Waals surface area contributed by atoms with Crippen LogP contribution < -0.4 is 11.3 Å². The Kier molecular flexibility index (Phi) is 3.60. The van der Waals surface area contributed by atoms with Gasteiger partial charge in [0, 0.05) is 12.1 Å². The first-order chi connectivity index (χ1) is 10.5. The molecule has 0 spiro atoms. The Balaban J connectivity index is 2.22. The topological polar surface area (TPSA) is 104 Å². The first-order valence-electron chi connectivity index (χ1n) is 6.42. The summed E-state index contributed by atoms with van der Waals surface area (Å²) in [5, 5.41) is 10.00. The third-order valence-corrected chi connectivity index (χ3v) is 3.83. The maximum absolute atomic E-state index is 12.1. The van der Waals surface area contributed by atoms with Crippen molar-refractivity contribution >= 4 is 17.2 Å². The number of rotatable bonds is 4. The Morgan fingerprint density at radius 3 is 2.86 bits per heavy atom. The normalized spacial score (nSPS) is 10.8. The molecule has 0 unspecified atom stereocenters. The van der Waals surface area contributed by atoms with E-state index in [1.165, 1.54) is 17.4 Å². The van der Waals surface area contributed by atoms with Crippen LogP contribution in [0.25, 0.3) is 21.9 Å². The van der Waals surface area contributed by atoms with Crippen LogP contribution in [0.1, 0.15) is 5.69 Å². The maximum atomic E-state index is 12.1. The van der Waals surface area contributed by atoms with Crippen LogP contribution >= 0.6 is 11.3 Å². The summed E-state index contributed by atoms with van der Waals surface area (Å²) in [6.07, 6.45) is 0. The second-order valence-electron chi connectivity index (χ2n) is 4.68. The van der Waals surface area contributed by atoms with Crippen molar-refractivity contribution in [2.24, 2.45) is 5.73 Å². The molecule has 0 aliphatic rings. The molecule has 8 heteroatoms. The Morgan fingerprint density at radius 2 is 2.27 bits per heavy atom. The summed E-state index contributed by atoms with van der Waals surface area (Å²) in [7, 11) is 0. The molecule has 0 fully saturated rings. The number of nitrogens with two attached hydrogens (primary N) is 1. The zero-order valence-electron chi connectivity index (χ0n) is 11.6. The maximum Gasteiger partial charge on any atom is 0.267 e. The van der Waals surface area contributed by atoms with Crippen LogP contribution in [0.2, 0.25) is 0 Å². The Morgan fingerprint density at radius 1 is 1.45 bits per heavy atom. The van der Waals surface area contributed by atoms with E-state index in [1.807, 2.05) is 17.5 Å². The van der Waals surface area contributed by atoms with Crippen LogP contribution in [0.4, 0.5) is 0 Å². The van der Waals surface area contributed by atoms with Crippen molar-refractivity contribution in [1.29, 1.82) is 0 Å². The van der Waals surface area contributed by atoms with Gasteiger partial charge in [-0.3, -0.25) is 9.59 Å². The molecule has 3 rings (SSSR count). The summed E-state index contributed by atoms with van der Waals surface area (Å²) in [6.45, 7) is 1.52. The van der Waals surface area contributed by atoms with Gasteiger partial charge in [-0.25, -0.2) is 4.68 Å². The number of aromatic nitrogens is 3. The lowest BCUT2D eigenvalue weighted by Crippen LogP contribution is -2.30. The molecule has 2 N–H and O–H groups in total. The molecule has 22 heavy (non-hydrogen) atoms. The molecule has 112 valence electrons. The Labute approximate surface area is 129 Å². The lowest BCUT2D eigenvalue weighted by atomic mass is 10.1. The predicted octanol–water partition coefficient (Wildman–Crippen LogP) is 1.42. The van der Waals surface area contributed by atoms with E-state index < -0.39 is 11.5 Å². The van der Waals surface area contributed by atoms with Gasteiger partial charge < -0.3 is 10.3 Å². The number of nitrogens with zero attached hydrogens (tertiary/aromatic N) is 3. The van der Waals surface area contributed by atoms with Gasteiger partial charge in [-0.1, -0.05) is 11.2 Å². The van der Waals surface area contributed by atoms with Crippen LogP contribution in [0.5, 0.6) is 0 Å². The average molecular weight is 316 g/mol. The molecule has 0 bridgehead atoms. The summed E-state index contributed by atoms with van der Waals surface area (Å²) in [6, 6.07) is 6.86. The van der Waals surface area contributed by atoms with Gasteiger partial charge in [0.05, 0.1) is 16.1 Å². The minimum Gasteiger partial charge on any atom is -0.368 e. The monoisotopic (exact) mass is 316 g/mol. The molecule has 1 amide bonds. The number of carbonyl (C=O) groups excluding carboxylic acids is 1. The number of carbonyl (C=O) groups is 1. The van der Waals surface area contributed by atoms with E-state index in [0.29, 0.717) is 22.7 Å². The van der Waals surface area contributed by atoms with Gasteiger partial charge in [0.1, 0.15) is 12.2 Å². The third-order valence-electron chi connectivity index (χ3n) is 2.95. The van der Waals surface area contributed by atoms with Crippen molar-refractivity contribution < 1.29 is 9.32 Å². The van der Waals surface area contributed by atoms with E-state index in [9.17, 15) is 9.59 Å². The molecular weight excluding hydrogens is 304 g/mol. The zero-order chi connectivity index (χ0) is 15.7. The lowest BCUT2D eigenvalue weighted by Gasteiger charge is -2.08. The second-order valence-corrected chi connectivity index (χ2v) is 5.63. The molecule has 3 aromatic rings. The molecule has 0 aromatic carbocycles. The fourth-order valence-electron chi connectivity index (χ4n) is 2.02. The average Bonchev–Trinajstić information content (AvgIpc) is 3.11. The zero-order valence-corrected chi connectivity index (χ0v) is 12.5. The van der Waals surface area contributed by atoms with Crippen molar-refractivity contribution in [3.05, 3.63) is 45.7 Å². The summed E-state index contributed by atoms with van der Waals surface area (Å²) < 4.78 is 6.29. The first-order valence-corrected chi connectivity index (χ1v) is 7.30. The van der Waals surface area contributed by atoms with Gasteiger partial charge in [-0.15, -0.1) is 11.3 Å². The molecule has 0 atom stereocenters. The number of aryl methyl sites for hydroxylation is 1. The summed E-state index contributed by atoms with van der Waals surface area (Å²) in [5.74, 6) is -0.174. The van der Waals surface area contributed by atoms with Gasteiger partial charge in [-0.2, -0.15) is 5.10 Å². The SMILES string of the molecule is Cc1cc(-c2cc(=O)n(CC(N)=O)nc2-c2cccs2)on1. The number of amides is 1. The van der Waals surface area contributed by atoms with Crippen molar-refractivity contribution in [1.82, 2.24) is 14.9 Å². The van der Waals surface area contributed by atoms with Gasteiger partial charge in [0.25, 0.3) is 5.56 Å². The minimum absolute atomic E-state index is 0.271. The van der Waals surface area contributed by atoms with Gasteiger partial charge in [0.15, 0.2) is 5.76 Å². The van der Waals surface area contributed by atoms with E-state index in [1.54, 1.807) is 13.0 Å². The van der Waals surface area contributed by atoms with E-state index in [0.717, 1.165) is 9.56 Å². The number of hydrogen-bond acceptors (Lipinski definition) is 6. The van der Waals surface area contributed by atoms with Crippen LogP contribution in [0.15, 0.2) is 39.0 Å². The molecule has 0 saturated carbocycles. The summed E-state index contributed by atoms with van der Waals surface area (Å²) >= 11 is 1.47. The first kappa shape index (κ1) is 14.2. The predicted molar refractivity (Wildman–Crippen MR) is 81.2 cm³/mol. The summed E-state index contributed by atoms with van der Waals surface area (Å²) in [5.41, 5.74) is 6.51. The van der Waals surface area contributed by atoms with Gasteiger partial charge >= 0.3 is 0 Å². The Bertz CT molecular complexity index is 880. The highest BCUT2D eigenvalue weighted by Crippen LogP contribution is 2.32. The number of hydrogen-bond donors (Lipinski definition) is 1. The summed E-state index contributed by atoms with van der Waals surface area (Å²) in [4.78, 5) is 24.0. The Hall–Kier alpha value is -2.74. The van der Waals surface area contributed by atoms with Crippen molar-refractivity contribution in [3.8, 4) is 21.9 Å². The molecular formula is C14H12N4O3S. The minimum atomic E-state index is -0.630. The molecule has 0 radical (unpaired) electrons. The largest absolute Gasteiger partial charge is 0.368 e. The van der Waals surface area contributed by atoms with Crippen LogP contribution in [0.3, 0.4) is 0 Å². The third kappa shape index (κ3) is 2.68. The standard InChI is InChI=1S/C14H12N4O3S/c1-8-5-10(21-17-8)9-6-13(20)18(7-12(15)19)16-14(9)11-3-2-4-22-11/h2-6H,7H2,1H3,(H2,15,19). The van der Waals surface area contributed by atoms with Crippen molar-refractivity contribution in [2.75, 3.05) is 0 Å². The molecule has 3 heterocycles. The molecule has 0 aliphatic heterocycles. The fraction of sp³-hybridized carbons (Fsp3) is 0.143. The van der Waals surface area contributed by atoms with Gasteiger partial charge in [-0.05, 0) is 18.4 Å². The lowest BCUT2D eigenvalue weighted by molar-refractivity contribution is -0.118. The fourth-order valence-corrected chi connectivity index (χ4v) is 2.75. The van der Waals surface area contributed by atoms with Crippen molar-refractivity contribution in [2.45, 2.75) is 13.5 Å². The highest BCUT2D eigenvalue weighted by atomic mass is 32.1. The number of primary amides is 1. The van der Waals surface area contributed by atoms with E-state index in [-0.39, 0.29) is 6.54 Å². The van der Waals surface area contributed by atoms with Crippen LogP contribution in [0, 0.1) is 6.92 Å². The second kappa shape index (κ2) is 5.57. The molecule has 3 aromatic heterocycles. The highest BCUT2D eigenvalue weighted by Gasteiger charge is 2.17. The highest BCUT2D eigenvalue weighted by molar-refractivity contribution is 7.13. The van der Waals surface area contributed by atoms with Crippen LogP contribution in [-0.2, 0) is 11.3 Å². The van der Waals surface area contributed by atoms with E-state index >= 15 is 0 Å². The van der Waals surface area contributed by atoms with E-state index in [4.69, 9.17) is 10.3 Å². The van der Waals surface area contributed by atoms with E-state index in [2.05, 4.69) is 10.3 Å². The molecule has 0 saturated heterocycles.